The molecular weight excluding hydrogens is 299 g/mol. The third-order valence-corrected chi connectivity index (χ3v) is 4.19. The van der Waals surface area contributed by atoms with E-state index in [1.807, 2.05) is 0 Å². The van der Waals surface area contributed by atoms with Crippen LogP contribution in [0.25, 0.3) is 0 Å². The van der Waals surface area contributed by atoms with Gasteiger partial charge in [0.1, 0.15) is 5.82 Å². The monoisotopic (exact) mass is 316 g/mol. The Morgan fingerprint density at radius 1 is 1.56 bits per heavy atom. The van der Waals surface area contributed by atoms with Gasteiger partial charge in [-0.1, -0.05) is 13.0 Å². The molecule has 0 amide bonds. The second kappa shape index (κ2) is 6.13. The van der Waals surface area contributed by atoms with Gasteiger partial charge in [-0.25, -0.2) is 4.39 Å². The van der Waals surface area contributed by atoms with Crippen molar-refractivity contribution in [3.8, 4) is 0 Å². The van der Waals surface area contributed by atoms with Crippen molar-refractivity contribution in [1.29, 1.82) is 0 Å². The average molecular weight is 317 g/mol. The SMILES string of the molecule is CCC1OCCC1C(O)Cc1ccc(F)c(Br)c1. The Hall–Kier alpha value is -0.450. The molecule has 1 aromatic rings. The van der Waals surface area contributed by atoms with E-state index in [1.54, 1.807) is 12.1 Å². The van der Waals surface area contributed by atoms with E-state index in [1.165, 1.54) is 6.07 Å². The van der Waals surface area contributed by atoms with E-state index < -0.39 is 6.10 Å². The summed E-state index contributed by atoms with van der Waals surface area (Å²) in [6, 6.07) is 4.88. The summed E-state index contributed by atoms with van der Waals surface area (Å²) in [5.74, 6) is -0.0808. The van der Waals surface area contributed by atoms with E-state index in [0.717, 1.165) is 25.0 Å². The van der Waals surface area contributed by atoms with Gasteiger partial charge in [0.15, 0.2) is 0 Å². The van der Waals surface area contributed by atoms with Crippen LogP contribution in [0, 0.1) is 11.7 Å². The van der Waals surface area contributed by atoms with Crippen LogP contribution in [-0.4, -0.2) is 23.9 Å². The van der Waals surface area contributed by atoms with E-state index in [0.29, 0.717) is 10.9 Å². The first kappa shape index (κ1) is 14.0. The molecule has 100 valence electrons. The number of ether oxygens (including phenoxy) is 1. The Bertz CT molecular complexity index is 411. The highest BCUT2D eigenvalue weighted by Gasteiger charge is 2.32. The molecular formula is C14H18BrFO2. The Morgan fingerprint density at radius 2 is 2.33 bits per heavy atom. The van der Waals surface area contributed by atoms with Crippen molar-refractivity contribution in [2.24, 2.45) is 5.92 Å². The highest BCUT2D eigenvalue weighted by atomic mass is 79.9. The second-order valence-electron chi connectivity index (χ2n) is 4.79. The maximum Gasteiger partial charge on any atom is 0.137 e. The topological polar surface area (TPSA) is 29.5 Å². The Morgan fingerprint density at radius 3 is 3.00 bits per heavy atom. The van der Waals surface area contributed by atoms with Crippen LogP contribution in [0.1, 0.15) is 25.3 Å². The Labute approximate surface area is 115 Å². The van der Waals surface area contributed by atoms with Gasteiger partial charge >= 0.3 is 0 Å². The number of aliphatic hydroxyl groups is 1. The minimum atomic E-state index is -0.421. The number of hydrogen-bond acceptors (Lipinski definition) is 2. The molecule has 4 heteroatoms. The lowest BCUT2D eigenvalue weighted by molar-refractivity contribution is 0.0317. The van der Waals surface area contributed by atoms with Crippen LogP contribution in [0.2, 0.25) is 0 Å². The van der Waals surface area contributed by atoms with Crippen LogP contribution in [0.5, 0.6) is 0 Å². The predicted octanol–water partition coefficient (Wildman–Crippen LogP) is 3.31. The first-order valence-electron chi connectivity index (χ1n) is 6.35. The molecule has 1 aliphatic rings. The summed E-state index contributed by atoms with van der Waals surface area (Å²) in [6.45, 7) is 2.80. The summed E-state index contributed by atoms with van der Waals surface area (Å²) in [5.41, 5.74) is 0.942. The molecule has 0 spiro atoms. The zero-order valence-corrected chi connectivity index (χ0v) is 12.0. The van der Waals surface area contributed by atoms with Crippen molar-refractivity contribution < 1.29 is 14.2 Å². The summed E-state index contributed by atoms with van der Waals surface area (Å²) in [4.78, 5) is 0. The Balaban J connectivity index is 2.02. The van der Waals surface area contributed by atoms with Gasteiger partial charge in [-0.15, -0.1) is 0 Å². The third-order valence-electron chi connectivity index (χ3n) is 3.59. The van der Waals surface area contributed by atoms with Crippen LogP contribution in [0.4, 0.5) is 4.39 Å². The summed E-state index contributed by atoms with van der Waals surface area (Å²) in [6.07, 6.45) is 2.11. The van der Waals surface area contributed by atoms with Crippen LogP contribution in [0.15, 0.2) is 22.7 Å². The van der Waals surface area contributed by atoms with E-state index in [2.05, 4.69) is 22.9 Å². The smallest absolute Gasteiger partial charge is 0.137 e. The fraction of sp³-hybridized carbons (Fsp3) is 0.571. The van der Waals surface area contributed by atoms with E-state index >= 15 is 0 Å². The summed E-state index contributed by atoms with van der Waals surface area (Å²) < 4.78 is 19.2. The first-order chi connectivity index (χ1) is 8.61. The number of rotatable bonds is 4. The van der Waals surface area contributed by atoms with Crippen molar-refractivity contribution in [3.63, 3.8) is 0 Å². The molecule has 0 saturated carbocycles. The van der Waals surface area contributed by atoms with Crippen molar-refractivity contribution in [1.82, 2.24) is 0 Å². The molecule has 1 fully saturated rings. The van der Waals surface area contributed by atoms with Gasteiger partial charge in [-0.05, 0) is 52.9 Å². The average Bonchev–Trinajstić information content (AvgIpc) is 2.82. The minimum Gasteiger partial charge on any atom is -0.392 e. The summed E-state index contributed by atoms with van der Waals surface area (Å²) in [5, 5.41) is 10.3. The van der Waals surface area contributed by atoms with Crippen LogP contribution in [-0.2, 0) is 11.2 Å². The van der Waals surface area contributed by atoms with Crippen molar-refractivity contribution in [2.75, 3.05) is 6.61 Å². The van der Waals surface area contributed by atoms with Gasteiger partial charge in [0, 0.05) is 12.5 Å². The quantitative estimate of drug-likeness (QED) is 0.923. The largest absolute Gasteiger partial charge is 0.392 e. The molecule has 1 saturated heterocycles. The zero-order chi connectivity index (χ0) is 13.1. The molecule has 1 heterocycles. The molecule has 1 aliphatic heterocycles. The molecule has 0 radical (unpaired) electrons. The van der Waals surface area contributed by atoms with Crippen molar-refractivity contribution >= 4 is 15.9 Å². The lowest BCUT2D eigenvalue weighted by atomic mass is 9.89. The van der Waals surface area contributed by atoms with E-state index in [-0.39, 0.29) is 17.8 Å². The van der Waals surface area contributed by atoms with Crippen LogP contribution in [0.3, 0.4) is 0 Å². The fourth-order valence-corrected chi connectivity index (χ4v) is 3.01. The summed E-state index contributed by atoms with van der Waals surface area (Å²) in [7, 11) is 0. The lowest BCUT2D eigenvalue weighted by Gasteiger charge is -2.22. The maximum absolute atomic E-state index is 13.1. The molecule has 0 aromatic heterocycles. The normalized spacial score (nSPS) is 25.3. The van der Waals surface area contributed by atoms with Crippen molar-refractivity contribution in [2.45, 2.75) is 38.4 Å². The molecule has 2 rings (SSSR count). The van der Waals surface area contributed by atoms with E-state index in [9.17, 15) is 9.50 Å². The zero-order valence-electron chi connectivity index (χ0n) is 10.4. The van der Waals surface area contributed by atoms with Crippen LogP contribution < -0.4 is 0 Å². The molecule has 2 nitrogen and oxygen atoms in total. The number of benzene rings is 1. The molecule has 3 atom stereocenters. The van der Waals surface area contributed by atoms with Gasteiger partial charge in [-0.2, -0.15) is 0 Å². The number of aliphatic hydroxyl groups excluding tert-OH is 1. The van der Waals surface area contributed by atoms with Gasteiger partial charge in [0.2, 0.25) is 0 Å². The molecule has 3 unspecified atom stereocenters. The van der Waals surface area contributed by atoms with Gasteiger partial charge in [-0.3, -0.25) is 0 Å². The predicted molar refractivity (Wildman–Crippen MR) is 71.9 cm³/mol. The van der Waals surface area contributed by atoms with Gasteiger partial charge in [0.25, 0.3) is 0 Å². The number of hydrogen-bond donors (Lipinski definition) is 1. The maximum atomic E-state index is 13.1. The summed E-state index contributed by atoms with van der Waals surface area (Å²) >= 11 is 3.16. The van der Waals surface area contributed by atoms with E-state index in [4.69, 9.17) is 4.74 Å². The number of halogens is 2. The lowest BCUT2D eigenvalue weighted by Crippen LogP contribution is -2.29. The minimum absolute atomic E-state index is 0.156. The first-order valence-corrected chi connectivity index (χ1v) is 7.14. The highest BCUT2D eigenvalue weighted by Crippen LogP contribution is 2.28. The standard InChI is InChI=1S/C14H18BrFO2/c1-2-14-10(5-6-18-14)13(17)8-9-3-4-12(16)11(15)7-9/h3-4,7,10,13-14,17H,2,5-6,8H2,1H3. The Kier molecular flexibility index (Phi) is 4.76. The molecule has 1 aromatic carbocycles. The highest BCUT2D eigenvalue weighted by molar-refractivity contribution is 9.10. The van der Waals surface area contributed by atoms with Crippen LogP contribution >= 0.6 is 15.9 Å². The third kappa shape index (κ3) is 3.11. The molecule has 1 N–H and O–H groups in total. The second-order valence-corrected chi connectivity index (χ2v) is 5.64. The molecule has 0 aliphatic carbocycles. The van der Waals surface area contributed by atoms with Crippen molar-refractivity contribution in [3.05, 3.63) is 34.1 Å². The fourth-order valence-electron chi connectivity index (χ4n) is 2.59. The van der Waals surface area contributed by atoms with Gasteiger partial charge in [0.05, 0.1) is 16.7 Å². The molecule has 18 heavy (non-hydrogen) atoms. The van der Waals surface area contributed by atoms with Gasteiger partial charge < -0.3 is 9.84 Å². The molecule has 0 bridgehead atoms.